The van der Waals surface area contributed by atoms with Gasteiger partial charge in [0.05, 0.1) is 46.7 Å². The van der Waals surface area contributed by atoms with E-state index in [1.165, 1.54) is 0 Å². The molecule has 2 aliphatic heterocycles. The maximum Gasteiger partial charge on any atom is 0.329 e. The minimum absolute atomic E-state index is 0.404. The Bertz CT molecular complexity index is 4390. The SMILES string of the molecule is Cc1ccc(-c2c3nc(c(-c4ccc(C)cc4)c4ccc([nH]4)c(-c4ccc(C(c5ccc(CP(=O)(O)O)cc5)(c5ccc(CP(=O)(O)O)cc5)c5ccc(CP(=O)(O)O)cc5)cc4)c4nc(c(-c5ccc(C)cc5)c5ccc2[nH]5)C=C4)C=C3)cc1. The van der Waals surface area contributed by atoms with E-state index in [2.05, 4.69) is 140 Å². The van der Waals surface area contributed by atoms with Crippen LogP contribution in [0.25, 0.3) is 90.9 Å². The molecule has 0 amide bonds. The summed E-state index contributed by atoms with van der Waals surface area (Å²) in [6, 6.07) is 62.7. The van der Waals surface area contributed by atoms with Crippen LogP contribution in [0.15, 0.2) is 194 Å². The molecule has 12 rings (SSSR count). The van der Waals surface area contributed by atoms with E-state index >= 15 is 0 Å². The lowest BCUT2D eigenvalue weighted by atomic mass is 9.64. The largest absolute Gasteiger partial charge is 0.354 e. The summed E-state index contributed by atoms with van der Waals surface area (Å²) in [5, 5.41) is 0. The van der Waals surface area contributed by atoms with Gasteiger partial charge in [-0.3, -0.25) is 13.7 Å². The Morgan fingerprint density at radius 3 is 0.753 bits per heavy atom. The Kier molecular flexibility index (Phi) is 15.1. The molecule has 3 aromatic heterocycles. The fourth-order valence-corrected chi connectivity index (χ4v) is 13.8. The molecule has 13 nitrogen and oxygen atoms in total. The lowest BCUT2D eigenvalue weighted by Gasteiger charge is -2.37. The van der Waals surface area contributed by atoms with Crippen LogP contribution in [0, 0.1) is 20.8 Å². The van der Waals surface area contributed by atoms with Crippen LogP contribution in [-0.4, -0.2) is 49.3 Å². The van der Waals surface area contributed by atoms with Crippen LogP contribution in [0.4, 0.5) is 0 Å². The molecule has 0 saturated carbocycles. The van der Waals surface area contributed by atoms with Crippen LogP contribution in [-0.2, 0) is 37.6 Å². The van der Waals surface area contributed by atoms with Gasteiger partial charge in [-0.05, 0) is 131 Å². The van der Waals surface area contributed by atoms with Crippen molar-refractivity contribution in [2.45, 2.75) is 44.7 Å². The van der Waals surface area contributed by atoms with E-state index in [4.69, 9.17) is 9.97 Å². The van der Waals surface area contributed by atoms with Gasteiger partial charge in [-0.15, -0.1) is 0 Å². The number of benzene rings is 7. The van der Waals surface area contributed by atoms with Crippen LogP contribution in [0.1, 0.15) is 78.4 Å². The Balaban J connectivity index is 1.14. The van der Waals surface area contributed by atoms with Crippen LogP contribution in [0.3, 0.4) is 0 Å². The summed E-state index contributed by atoms with van der Waals surface area (Å²) in [4.78, 5) is 78.7. The number of H-pyrrole nitrogens is 2. The Morgan fingerprint density at radius 1 is 0.318 bits per heavy atom. The number of hydrogen-bond acceptors (Lipinski definition) is 5. The van der Waals surface area contributed by atoms with E-state index in [1.807, 2.05) is 72.8 Å². The van der Waals surface area contributed by atoms with Crippen LogP contribution < -0.4 is 0 Å². The van der Waals surface area contributed by atoms with Crippen LogP contribution >= 0.6 is 22.8 Å². The van der Waals surface area contributed by atoms with E-state index < -0.39 is 46.7 Å². The average Bonchev–Trinajstić information content (AvgIpc) is 1.70. The third kappa shape index (κ3) is 12.0. The fraction of sp³-hybridized carbons (Fsp3) is 0.101. The summed E-state index contributed by atoms with van der Waals surface area (Å²) in [5.74, 6) is 0. The molecule has 0 aliphatic carbocycles. The molecule has 0 radical (unpaired) electrons. The minimum atomic E-state index is -4.46. The number of nitrogens with one attached hydrogen (secondary N) is 2. The predicted octanol–water partition coefficient (Wildman–Crippen LogP) is 15.7. The number of aryl methyl sites for hydroxylation is 3. The predicted molar refractivity (Wildman–Crippen MR) is 340 cm³/mol. The number of aromatic amines is 2. The summed E-state index contributed by atoms with van der Waals surface area (Å²) in [6.45, 7) is 6.21. The lowest BCUT2D eigenvalue weighted by molar-refractivity contribution is 0.369. The molecule has 16 heteroatoms. The quantitative estimate of drug-likeness (QED) is 0.0377. The van der Waals surface area contributed by atoms with Gasteiger partial charge in [-0.1, -0.05) is 187 Å². The maximum absolute atomic E-state index is 12.3. The molecule has 0 atom stereocenters. The molecular formula is C69H59N4O9P3. The molecule has 0 spiro atoms. The summed E-state index contributed by atoms with van der Waals surface area (Å²) >= 11 is 0. The first-order chi connectivity index (χ1) is 40.6. The van der Waals surface area contributed by atoms with E-state index in [0.717, 1.165) is 106 Å². The molecule has 0 saturated heterocycles. The molecule has 0 fully saturated rings. The van der Waals surface area contributed by atoms with Gasteiger partial charge in [0.1, 0.15) is 0 Å². The number of hydrogen-bond donors (Lipinski definition) is 8. The third-order valence-electron chi connectivity index (χ3n) is 15.7. The Hall–Kier alpha value is -8.41. The smallest absolute Gasteiger partial charge is 0.329 e. The molecule has 2 aliphatic rings. The molecule has 8 N–H and O–H groups in total. The highest BCUT2D eigenvalue weighted by Crippen LogP contribution is 2.49. The first-order valence-electron chi connectivity index (χ1n) is 27.5. The normalized spacial score (nSPS) is 12.7. The highest BCUT2D eigenvalue weighted by atomic mass is 31.2. The molecule has 5 heterocycles. The second kappa shape index (κ2) is 22.5. The molecule has 10 aromatic rings. The Morgan fingerprint density at radius 2 is 0.529 bits per heavy atom. The number of fused-ring (bicyclic) bond motifs is 8. The van der Waals surface area contributed by atoms with Crippen molar-refractivity contribution in [3.05, 3.63) is 273 Å². The molecule has 424 valence electrons. The van der Waals surface area contributed by atoms with Gasteiger partial charge in [0.15, 0.2) is 0 Å². The van der Waals surface area contributed by atoms with Crippen molar-refractivity contribution < 1.29 is 43.1 Å². The number of nitrogens with zero attached hydrogens (tertiary/aromatic N) is 2. The second-order valence-corrected chi connectivity index (χ2v) is 26.9. The van der Waals surface area contributed by atoms with E-state index in [1.54, 1.807) is 36.4 Å². The van der Waals surface area contributed by atoms with Crippen molar-refractivity contribution in [2.24, 2.45) is 0 Å². The Labute approximate surface area is 491 Å². The van der Waals surface area contributed by atoms with Gasteiger partial charge in [-0.2, -0.15) is 0 Å². The van der Waals surface area contributed by atoms with E-state index in [-0.39, 0.29) is 0 Å². The van der Waals surface area contributed by atoms with Crippen molar-refractivity contribution in [3.8, 4) is 44.5 Å². The zero-order valence-corrected chi connectivity index (χ0v) is 49.2. The van der Waals surface area contributed by atoms with Crippen molar-refractivity contribution in [2.75, 3.05) is 0 Å². The van der Waals surface area contributed by atoms with Crippen LogP contribution in [0.5, 0.6) is 0 Å². The highest BCUT2D eigenvalue weighted by molar-refractivity contribution is 7.51. The van der Waals surface area contributed by atoms with Gasteiger partial charge >= 0.3 is 22.8 Å². The zero-order chi connectivity index (χ0) is 59.4. The number of rotatable bonds is 14. The molecule has 0 unspecified atom stereocenters. The van der Waals surface area contributed by atoms with Gasteiger partial charge < -0.3 is 39.3 Å². The average molecular weight is 1180 g/mol. The standard InChI is InChI=1S/C69H59N4O9P3/c1-43-4-16-49(17-5-43)65-57-32-34-59(70-57)66(50-18-6-44(2)7-19-50)61-36-38-63(72-61)68(64-39-37-62(73-64)67(60-35-33-58(65)71-60)51-20-8-45(3)9-21-51)52-22-30-56(31-23-52)69(53-24-10-46(11-25-53)40-83(74,75)76,54-26-12-47(13-27-54)41-84(77,78)79)55-28-14-48(15-29-55)42-85(80,81)82/h4-39,70,73H,40-42H2,1-3H3,(H2,74,75,76)(H2,77,78,79)(H2,80,81,82). The fourth-order valence-electron chi connectivity index (χ4n) is 11.8. The topological polar surface area (TPSA) is 230 Å². The van der Waals surface area contributed by atoms with Gasteiger partial charge in [0.25, 0.3) is 0 Å². The van der Waals surface area contributed by atoms with Crippen molar-refractivity contribution in [3.63, 3.8) is 0 Å². The van der Waals surface area contributed by atoms with Crippen molar-refractivity contribution in [1.29, 1.82) is 0 Å². The first-order valence-corrected chi connectivity index (χ1v) is 32.9. The summed E-state index contributed by atoms with van der Waals surface area (Å²) < 4.78 is 36.8. The van der Waals surface area contributed by atoms with Crippen LogP contribution in [0.2, 0.25) is 0 Å². The van der Waals surface area contributed by atoms with Gasteiger partial charge in [0, 0.05) is 44.3 Å². The molecule has 85 heavy (non-hydrogen) atoms. The lowest BCUT2D eigenvalue weighted by Crippen LogP contribution is -2.31. The summed E-state index contributed by atoms with van der Waals surface area (Å²) in [5.41, 5.74) is 19.7. The highest BCUT2D eigenvalue weighted by Gasteiger charge is 2.39. The molecule has 7 aromatic carbocycles. The molecule has 8 bridgehead atoms. The van der Waals surface area contributed by atoms with Crippen molar-refractivity contribution >= 4 is 69.2 Å². The summed E-state index contributed by atoms with van der Waals surface area (Å²) in [6.07, 6.45) is 6.78. The minimum Gasteiger partial charge on any atom is -0.354 e. The summed E-state index contributed by atoms with van der Waals surface area (Å²) in [7, 11) is -13.4. The molecular weight excluding hydrogens is 1120 g/mol. The third-order valence-corrected chi connectivity index (χ3v) is 18.0. The van der Waals surface area contributed by atoms with E-state index in [0.29, 0.717) is 39.1 Å². The zero-order valence-electron chi connectivity index (χ0n) is 46.6. The van der Waals surface area contributed by atoms with Gasteiger partial charge in [-0.25, -0.2) is 9.97 Å². The van der Waals surface area contributed by atoms with E-state index in [9.17, 15) is 43.1 Å². The first kappa shape index (κ1) is 57.0. The number of aromatic nitrogens is 4. The monoisotopic (exact) mass is 1180 g/mol. The van der Waals surface area contributed by atoms with Crippen molar-refractivity contribution in [1.82, 2.24) is 19.9 Å². The maximum atomic E-state index is 12.3. The van der Waals surface area contributed by atoms with Gasteiger partial charge in [0.2, 0.25) is 0 Å². The second-order valence-electron chi connectivity index (χ2n) is 22.0.